The fraction of sp³-hybridized carbons (Fsp3) is 0.333. The van der Waals surface area contributed by atoms with E-state index < -0.39 is 11.4 Å². The number of ether oxygens (including phenoxy) is 2. The number of aliphatic hydroxyl groups excluding tert-OH is 1. The van der Waals surface area contributed by atoms with Gasteiger partial charge in [-0.3, -0.25) is 4.84 Å². The summed E-state index contributed by atoms with van der Waals surface area (Å²) in [6.07, 6.45) is -1.60. The van der Waals surface area contributed by atoms with Crippen molar-refractivity contribution in [2.75, 3.05) is 13.7 Å². The predicted octanol–water partition coefficient (Wildman–Crippen LogP) is 0.601. The smallest absolute Gasteiger partial charge is 0.297 e. The molecule has 0 saturated carbocycles. The summed E-state index contributed by atoms with van der Waals surface area (Å²) >= 11 is 0. The van der Waals surface area contributed by atoms with Crippen LogP contribution < -0.4 is 9.47 Å². The van der Waals surface area contributed by atoms with Gasteiger partial charge in [0.15, 0.2) is 0 Å². The van der Waals surface area contributed by atoms with Crippen LogP contribution >= 0.6 is 0 Å². The molecule has 0 aliphatic rings. The standard InChI is InChI=1S/C9H11NO6/c1-14-7-2-4-8(5-3-7)15-6-9(11)16-10(12)13/h2-5,9,11H,6H2,1H3. The summed E-state index contributed by atoms with van der Waals surface area (Å²) in [5.41, 5.74) is 0. The number of nitrogens with zero attached hydrogens (tertiary/aromatic N) is 1. The third kappa shape index (κ3) is 4.01. The molecule has 0 radical (unpaired) electrons. The van der Waals surface area contributed by atoms with Crippen LogP contribution in [0.2, 0.25) is 0 Å². The lowest BCUT2D eigenvalue weighted by atomic mass is 10.3. The first kappa shape index (κ1) is 12.1. The van der Waals surface area contributed by atoms with E-state index in [4.69, 9.17) is 14.6 Å². The molecule has 0 aromatic heterocycles. The van der Waals surface area contributed by atoms with Crippen LogP contribution in [-0.2, 0) is 4.84 Å². The Labute approximate surface area is 91.3 Å². The van der Waals surface area contributed by atoms with Gasteiger partial charge in [-0.25, -0.2) is 0 Å². The van der Waals surface area contributed by atoms with Crippen molar-refractivity contribution >= 4 is 0 Å². The normalized spacial score (nSPS) is 11.6. The molecule has 1 aromatic carbocycles. The molecule has 1 N–H and O–H groups in total. The third-order valence-electron chi connectivity index (χ3n) is 1.66. The van der Waals surface area contributed by atoms with E-state index in [9.17, 15) is 10.1 Å². The zero-order valence-electron chi connectivity index (χ0n) is 8.53. The summed E-state index contributed by atoms with van der Waals surface area (Å²) in [7, 11) is 1.53. The number of benzene rings is 1. The van der Waals surface area contributed by atoms with Crippen molar-refractivity contribution in [3.8, 4) is 11.5 Å². The highest BCUT2D eigenvalue weighted by Crippen LogP contribution is 2.17. The molecule has 0 saturated heterocycles. The Kier molecular flexibility index (Phi) is 4.34. The maximum absolute atomic E-state index is 9.86. The second-order valence-corrected chi connectivity index (χ2v) is 2.77. The van der Waals surface area contributed by atoms with Crippen LogP contribution in [0.5, 0.6) is 11.5 Å². The molecule has 0 fully saturated rings. The van der Waals surface area contributed by atoms with Gasteiger partial charge in [-0.15, -0.1) is 10.1 Å². The number of rotatable bonds is 6. The molecule has 16 heavy (non-hydrogen) atoms. The minimum atomic E-state index is -1.60. The number of hydrogen-bond donors (Lipinski definition) is 1. The first-order valence-electron chi connectivity index (χ1n) is 4.38. The van der Waals surface area contributed by atoms with Crippen molar-refractivity contribution in [3.63, 3.8) is 0 Å². The zero-order chi connectivity index (χ0) is 12.0. The van der Waals surface area contributed by atoms with Gasteiger partial charge in [-0.1, -0.05) is 0 Å². The summed E-state index contributed by atoms with van der Waals surface area (Å²) < 4.78 is 9.96. The van der Waals surface area contributed by atoms with Gasteiger partial charge in [-0.2, -0.15) is 0 Å². The van der Waals surface area contributed by atoms with Crippen LogP contribution in [0.3, 0.4) is 0 Å². The van der Waals surface area contributed by atoms with Crippen LogP contribution in [0.1, 0.15) is 0 Å². The van der Waals surface area contributed by atoms with Crippen LogP contribution in [0.25, 0.3) is 0 Å². The molecular formula is C9H11NO6. The number of aliphatic hydroxyl groups is 1. The second-order valence-electron chi connectivity index (χ2n) is 2.77. The largest absolute Gasteiger partial charge is 0.497 e. The summed E-state index contributed by atoms with van der Waals surface area (Å²) in [6.45, 7) is -0.326. The first-order valence-corrected chi connectivity index (χ1v) is 4.38. The molecule has 0 amide bonds. The van der Waals surface area contributed by atoms with Crippen LogP contribution in [0, 0.1) is 10.1 Å². The van der Waals surface area contributed by atoms with Crippen molar-refractivity contribution < 1.29 is 24.5 Å². The lowest BCUT2D eigenvalue weighted by Gasteiger charge is -2.10. The monoisotopic (exact) mass is 229 g/mol. The summed E-state index contributed by atoms with van der Waals surface area (Å²) in [5, 5.41) is 17.7. The minimum Gasteiger partial charge on any atom is -0.497 e. The Bertz CT molecular complexity index is 338. The molecule has 0 aliphatic heterocycles. The van der Waals surface area contributed by atoms with Gasteiger partial charge in [0.2, 0.25) is 6.29 Å². The Morgan fingerprint density at radius 3 is 2.44 bits per heavy atom. The molecule has 0 aliphatic carbocycles. The van der Waals surface area contributed by atoms with Gasteiger partial charge in [0, 0.05) is 0 Å². The molecule has 1 atom stereocenters. The van der Waals surface area contributed by atoms with E-state index >= 15 is 0 Å². The molecule has 88 valence electrons. The fourth-order valence-electron chi connectivity index (χ4n) is 0.969. The Hall–Kier alpha value is -2.02. The van der Waals surface area contributed by atoms with Crippen molar-refractivity contribution in [1.29, 1.82) is 0 Å². The van der Waals surface area contributed by atoms with E-state index in [1.54, 1.807) is 24.3 Å². The molecule has 7 heteroatoms. The van der Waals surface area contributed by atoms with Gasteiger partial charge in [0.1, 0.15) is 18.1 Å². The van der Waals surface area contributed by atoms with E-state index in [0.717, 1.165) is 0 Å². The third-order valence-corrected chi connectivity index (χ3v) is 1.66. The molecule has 1 aromatic rings. The topological polar surface area (TPSA) is 91.1 Å². The van der Waals surface area contributed by atoms with Gasteiger partial charge < -0.3 is 14.6 Å². The molecule has 0 spiro atoms. The Morgan fingerprint density at radius 1 is 1.38 bits per heavy atom. The van der Waals surface area contributed by atoms with Gasteiger partial charge >= 0.3 is 0 Å². The second kappa shape index (κ2) is 5.76. The van der Waals surface area contributed by atoms with E-state index in [1.165, 1.54) is 7.11 Å². The average molecular weight is 229 g/mol. The lowest BCUT2D eigenvalue weighted by Crippen LogP contribution is -2.23. The molecule has 1 unspecified atom stereocenters. The Morgan fingerprint density at radius 2 is 1.94 bits per heavy atom. The predicted molar refractivity (Wildman–Crippen MR) is 52.6 cm³/mol. The number of methoxy groups -OCH3 is 1. The Balaban J connectivity index is 2.39. The maximum atomic E-state index is 9.86. The van der Waals surface area contributed by atoms with Gasteiger partial charge in [-0.05, 0) is 24.3 Å². The average Bonchev–Trinajstić information content (AvgIpc) is 2.26. The molecular weight excluding hydrogens is 218 g/mol. The van der Waals surface area contributed by atoms with Crippen LogP contribution in [-0.4, -0.2) is 30.2 Å². The minimum absolute atomic E-state index is 0.326. The van der Waals surface area contributed by atoms with Gasteiger partial charge in [0.25, 0.3) is 5.09 Å². The maximum Gasteiger partial charge on any atom is 0.297 e. The van der Waals surface area contributed by atoms with Crippen LogP contribution in [0.15, 0.2) is 24.3 Å². The zero-order valence-corrected chi connectivity index (χ0v) is 8.53. The van der Waals surface area contributed by atoms with Crippen molar-refractivity contribution in [2.24, 2.45) is 0 Å². The first-order chi connectivity index (χ1) is 7.61. The van der Waals surface area contributed by atoms with Crippen LogP contribution in [0.4, 0.5) is 0 Å². The summed E-state index contributed by atoms with van der Waals surface area (Å²) in [4.78, 5) is 13.7. The lowest BCUT2D eigenvalue weighted by molar-refractivity contribution is -0.780. The highest BCUT2D eigenvalue weighted by molar-refractivity contribution is 5.31. The molecule has 0 heterocycles. The number of hydrogen-bond acceptors (Lipinski definition) is 6. The SMILES string of the molecule is COc1ccc(OCC(O)O[N+](=O)[O-])cc1. The highest BCUT2D eigenvalue weighted by atomic mass is 17.0. The molecule has 0 bridgehead atoms. The molecule has 7 nitrogen and oxygen atoms in total. The highest BCUT2D eigenvalue weighted by Gasteiger charge is 2.09. The van der Waals surface area contributed by atoms with Gasteiger partial charge in [0.05, 0.1) is 7.11 Å². The van der Waals surface area contributed by atoms with E-state index in [2.05, 4.69) is 4.84 Å². The van der Waals surface area contributed by atoms with Crippen molar-refractivity contribution in [1.82, 2.24) is 0 Å². The molecule has 1 rings (SSSR count). The van der Waals surface area contributed by atoms with Crippen molar-refractivity contribution in [2.45, 2.75) is 6.29 Å². The quantitative estimate of drug-likeness (QED) is 0.436. The summed E-state index contributed by atoms with van der Waals surface area (Å²) in [6, 6.07) is 6.54. The summed E-state index contributed by atoms with van der Waals surface area (Å²) in [5.74, 6) is 1.11. The van der Waals surface area contributed by atoms with Crippen molar-refractivity contribution in [3.05, 3.63) is 34.4 Å². The fourth-order valence-corrected chi connectivity index (χ4v) is 0.969. The van der Waals surface area contributed by atoms with E-state index in [-0.39, 0.29) is 6.61 Å². The van der Waals surface area contributed by atoms with E-state index in [1.807, 2.05) is 0 Å². The van der Waals surface area contributed by atoms with E-state index in [0.29, 0.717) is 11.5 Å².